The van der Waals surface area contributed by atoms with Crippen molar-refractivity contribution in [3.63, 3.8) is 0 Å². The smallest absolute Gasteiger partial charge is 0.327 e. The minimum atomic E-state index is -3.40. The van der Waals surface area contributed by atoms with Gasteiger partial charge in [-0.25, -0.2) is 9.00 Å². The molecule has 2 aromatic rings. The molecule has 6 rings (SSSR count). The highest BCUT2D eigenvalue weighted by Gasteiger charge is 2.44. The fraction of sp³-hybridized carbons (Fsp3) is 0.543. The Morgan fingerprint density at radius 1 is 1.20 bits per heavy atom. The average Bonchev–Trinajstić information content (AvgIpc) is 3.14. The standard InChI is InChI=1S/C35H45ClN4O5S/c1-23(2)37-34(42)39-46(43)17-6-4-5-9-31(44-3)28-13-10-26(28)20-40-21-35(16-7-8-24-18-27(36)12-14-29(24)35)22-45-32-15-11-25(19-30(32)40)33(41)38-46/h5,9,11-12,14-15,18-19,23,26,28,31H,4,6-8,10,13,16-17,20-22H2,1-3H3,(H2,37,38,39,41,42,43)/b9-5+/t26-,28+,31-,35-,46?/m0/s1. The lowest BCUT2D eigenvalue weighted by molar-refractivity contribution is 0.0132. The molecule has 2 aliphatic heterocycles. The van der Waals surface area contributed by atoms with Crippen molar-refractivity contribution in [1.82, 2.24) is 10.0 Å². The fourth-order valence-corrected chi connectivity index (χ4v) is 9.26. The highest BCUT2D eigenvalue weighted by Crippen LogP contribution is 2.47. The third-order valence-electron chi connectivity index (χ3n) is 9.93. The van der Waals surface area contributed by atoms with Gasteiger partial charge in [0.1, 0.15) is 15.7 Å². The van der Waals surface area contributed by atoms with Crippen LogP contribution in [0.15, 0.2) is 52.9 Å². The van der Waals surface area contributed by atoms with Gasteiger partial charge in [-0.3, -0.25) is 9.52 Å². The van der Waals surface area contributed by atoms with Crippen LogP contribution in [0.4, 0.5) is 10.5 Å². The van der Waals surface area contributed by atoms with E-state index in [9.17, 15) is 13.8 Å². The van der Waals surface area contributed by atoms with Crippen LogP contribution in [0.2, 0.25) is 5.02 Å². The van der Waals surface area contributed by atoms with E-state index in [2.05, 4.69) is 43.6 Å². The molecule has 0 radical (unpaired) electrons. The van der Waals surface area contributed by atoms with Crippen molar-refractivity contribution in [2.75, 3.05) is 37.5 Å². The summed E-state index contributed by atoms with van der Waals surface area (Å²) in [6.07, 6.45) is 10.4. The number of amides is 3. The third-order valence-corrected chi connectivity index (χ3v) is 12.0. The number of rotatable bonds is 3. The van der Waals surface area contributed by atoms with E-state index in [1.807, 2.05) is 32.0 Å². The van der Waals surface area contributed by atoms with Gasteiger partial charge in [-0.2, -0.15) is 0 Å². The van der Waals surface area contributed by atoms with Gasteiger partial charge in [0.25, 0.3) is 5.91 Å². The van der Waals surface area contributed by atoms with Crippen LogP contribution in [0.3, 0.4) is 0 Å². The highest BCUT2D eigenvalue weighted by molar-refractivity contribution is 7.92. The Morgan fingerprint density at radius 2 is 2.04 bits per heavy atom. The molecule has 2 heterocycles. The summed E-state index contributed by atoms with van der Waals surface area (Å²) in [5.41, 5.74) is 3.45. The number of ether oxygens (including phenoxy) is 2. The second-order valence-corrected chi connectivity index (χ2v) is 16.0. The van der Waals surface area contributed by atoms with Crippen LogP contribution in [-0.4, -0.2) is 60.9 Å². The summed E-state index contributed by atoms with van der Waals surface area (Å²) in [6.45, 7) is 5.66. The Labute approximate surface area is 277 Å². The number of carbonyl (C=O) groups excluding carboxylic acids is 2. The first-order valence-corrected chi connectivity index (χ1v) is 18.5. The number of hydrogen-bond donors (Lipinski definition) is 2. The van der Waals surface area contributed by atoms with Gasteiger partial charge in [0.2, 0.25) is 0 Å². The molecule has 9 nitrogen and oxygen atoms in total. The van der Waals surface area contributed by atoms with Crippen molar-refractivity contribution in [1.29, 1.82) is 0 Å². The van der Waals surface area contributed by atoms with Crippen molar-refractivity contribution in [3.8, 4) is 5.75 Å². The number of urea groups is 1. The number of benzene rings is 2. The molecule has 1 spiro atoms. The van der Waals surface area contributed by atoms with Crippen LogP contribution in [0, 0.1) is 11.8 Å². The Balaban J connectivity index is 1.42. The number of allylic oxidation sites excluding steroid dienone is 1. The molecule has 46 heavy (non-hydrogen) atoms. The second-order valence-electron chi connectivity index (χ2n) is 13.5. The maximum atomic E-state index is 14.0. The molecule has 248 valence electrons. The molecule has 5 atom stereocenters. The monoisotopic (exact) mass is 668 g/mol. The molecule has 1 saturated carbocycles. The summed E-state index contributed by atoms with van der Waals surface area (Å²) in [5, 5.41) is 3.44. The van der Waals surface area contributed by atoms with Crippen LogP contribution in [0.25, 0.3) is 0 Å². The number of methoxy groups -OCH3 is 1. The molecule has 2 aliphatic carbocycles. The summed E-state index contributed by atoms with van der Waals surface area (Å²) >= 11 is 6.43. The molecule has 3 amide bonds. The van der Waals surface area contributed by atoms with Crippen molar-refractivity contribution < 1.29 is 23.3 Å². The third kappa shape index (κ3) is 6.94. The van der Waals surface area contributed by atoms with Gasteiger partial charge in [-0.1, -0.05) is 29.8 Å². The maximum absolute atomic E-state index is 14.0. The molecule has 2 aromatic carbocycles. The second kappa shape index (κ2) is 13.6. The van der Waals surface area contributed by atoms with Crippen LogP contribution >= 0.6 is 11.6 Å². The number of aryl methyl sites for hydroxylation is 1. The zero-order chi connectivity index (χ0) is 32.5. The van der Waals surface area contributed by atoms with Gasteiger partial charge in [0, 0.05) is 42.2 Å². The fourth-order valence-electron chi connectivity index (χ4n) is 7.55. The summed E-state index contributed by atoms with van der Waals surface area (Å²) in [6, 6.07) is 10.8. The van der Waals surface area contributed by atoms with Gasteiger partial charge in [0.05, 0.1) is 24.2 Å². The van der Waals surface area contributed by atoms with E-state index < -0.39 is 21.9 Å². The zero-order valence-electron chi connectivity index (χ0n) is 26.9. The van der Waals surface area contributed by atoms with Crippen molar-refractivity contribution in [2.24, 2.45) is 16.2 Å². The van der Waals surface area contributed by atoms with Gasteiger partial charge in [-0.15, -0.1) is 4.36 Å². The van der Waals surface area contributed by atoms with Crippen molar-refractivity contribution in [3.05, 3.63) is 70.3 Å². The lowest BCUT2D eigenvalue weighted by atomic mass is 9.68. The predicted molar refractivity (Wildman–Crippen MR) is 182 cm³/mol. The SMILES string of the molecule is CO[C@H]1/C=C/CCCS(=O)(NC(=O)NC(C)C)=NC(=O)c2ccc3c(c2)N(C[C@@H]2CC[C@H]21)C[C@@]1(CCCc2cc(Cl)ccc21)CO3. The first-order valence-electron chi connectivity index (χ1n) is 16.5. The number of hydrogen-bond acceptors (Lipinski definition) is 6. The predicted octanol–water partition coefficient (Wildman–Crippen LogP) is 6.44. The number of nitrogens with zero attached hydrogens (tertiary/aromatic N) is 2. The maximum Gasteiger partial charge on any atom is 0.327 e. The molecular formula is C35H45ClN4O5S. The normalized spacial score (nSPS) is 30.2. The molecule has 2 bridgehead atoms. The molecule has 2 N–H and O–H groups in total. The molecular weight excluding hydrogens is 624 g/mol. The average molecular weight is 669 g/mol. The molecule has 11 heteroatoms. The summed E-state index contributed by atoms with van der Waals surface area (Å²) in [5.74, 6) is 0.901. The number of fused-ring (bicyclic) bond motifs is 4. The van der Waals surface area contributed by atoms with Gasteiger partial charge >= 0.3 is 6.03 Å². The minimum Gasteiger partial charge on any atom is -0.490 e. The van der Waals surface area contributed by atoms with Gasteiger partial charge in [-0.05, 0) is 112 Å². The lowest BCUT2D eigenvalue weighted by Gasteiger charge is -2.46. The van der Waals surface area contributed by atoms with E-state index in [1.54, 1.807) is 13.2 Å². The minimum absolute atomic E-state index is 0.0298. The van der Waals surface area contributed by atoms with Crippen molar-refractivity contribution >= 4 is 39.1 Å². The first kappa shape index (κ1) is 32.8. The highest BCUT2D eigenvalue weighted by atomic mass is 35.5. The number of nitrogens with one attached hydrogen (secondary N) is 2. The van der Waals surface area contributed by atoms with E-state index in [0.29, 0.717) is 42.6 Å². The van der Waals surface area contributed by atoms with Gasteiger partial charge < -0.3 is 19.7 Å². The summed E-state index contributed by atoms with van der Waals surface area (Å²) in [7, 11) is -1.63. The van der Waals surface area contributed by atoms with E-state index in [1.165, 1.54) is 11.1 Å². The quantitative estimate of drug-likeness (QED) is 0.365. The largest absolute Gasteiger partial charge is 0.490 e. The summed E-state index contributed by atoms with van der Waals surface area (Å²) < 4.78 is 33.3. The topological polar surface area (TPSA) is 109 Å². The van der Waals surface area contributed by atoms with Crippen LogP contribution < -0.4 is 19.7 Å². The Hall–Kier alpha value is -3.08. The molecule has 1 unspecified atom stereocenters. The van der Waals surface area contributed by atoms with Gasteiger partial charge in [0.15, 0.2) is 0 Å². The first-order chi connectivity index (χ1) is 22.1. The molecule has 0 aromatic heterocycles. The number of carbonyl (C=O) groups is 2. The van der Waals surface area contributed by atoms with E-state index >= 15 is 0 Å². The molecule has 0 saturated heterocycles. The Morgan fingerprint density at radius 3 is 2.80 bits per heavy atom. The Kier molecular flexibility index (Phi) is 9.69. The number of anilines is 1. The van der Waals surface area contributed by atoms with Crippen LogP contribution in [0.5, 0.6) is 5.75 Å². The van der Waals surface area contributed by atoms with E-state index in [4.69, 9.17) is 21.1 Å². The molecule has 1 fully saturated rings. The van der Waals surface area contributed by atoms with Crippen LogP contribution in [0.1, 0.15) is 73.9 Å². The van der Waals surface area contributed by atoms with E-state index in [0.717, 1.165) is 55.9 Å². The summed E-state index contributed by atoms with van der Waals surface area (Å²) in [4.78, 5) is 28.7. The lowest BCUT2D eigenvalue weighted by Crippen LogP contribution is -2.49. The van der Waals surface area contributed by atoms with E-state index in [-0.39, 0.29) is 23.3 Å². The Bertz CT molecular complexity index is 1640. The zero-order valence-corrected chi connectivity index (χ0v) is 28.5. The molecule has 4 aliphatic rings. The van der Waals surface area contributed by atoms with Crippen molar-refractivity contribution in [2.45, 2.75) is 76.4 Å². The van der Waals surface area contributed by atoms with Crippen LogP contribution in [-0.2, 0) is 26.5 Å². The number of halogens is 1.